The van der Waals surface area contributed by atoms with Crippen molar-refractivity contribution in [2.75, 3.05) is 31.1 Å². The smallest absolute Gasteiger partial charge is 0.317 e. The van der Waals surface area contributed by atoms with E-state index in [4.69, 9.17) is 0 Å². The largest absolute Gasteiger partial charge is 0.508 e. The predicted octanol–water partition coefficient (Wildman–Crippen LogP) is 2.79. The maximum absolute atomic E-state index is 12.3. The standard InChI is InChI=1S/C17H21N3O2S/c1-13-5-10-23-16(13)12-18-17(22)20-8-6-19(7-9-20)14-3-2-4-15(21)11-14/h2-5,10-11,21H,6-9,12H2,1H3,(H,18,22). The van der Waals surface area contributed by atoms with Crippen LogP contribution in [0.25, 0.3) is 0 Å². The molecule has 23 heavy (non-hydrogen) atoms. The fourth-order valence-electron chi connectivity index (χ4n) is 2.71. The van der Waals surface area contributed by atoms with E-state index in [0.717, 1.165) is 18.8 Å². The molecule has 2 aromatic rings. The van der Waals surface area contributed by atoms with Crippen LogP contribution >= 0.6 is 11.3 Å². The molecule has 0 unspecified atom stereocenters. The molecule has 2 N–H and O–H groups in total. The molecular weight excluding hydrogens is 310 g/mol. The summed E-state index contributed by atoms with van der Waals surface area (Å²) in [7, 11) is 0. The minimum absolute atomic E-state index is 0.00615. The summed E-state index contributed by atoms with van der Waals surface area (Å²) >= 11 is 1.67. The molecule has 1 aromatic carbocycles. The lowest BCUT2D eigenvalue weighted by atomic mass is 10.2. The van der Waals surface area contributed by atoms with Gasteiger partial charge in [-0.25, -0.2) is 4.79 Å². The molecule has 0 aliphatic carbocycles. The number of piperazine rings is 1. The zero-order valence-electron chi connectivity index (χ0n) is 13.2. The summed E-state index contributed by atoms with van der Waals surface area (Å²) in [6.07, 6.45) is 0. The number of nitrogens with zero attached hydrogens (tertiary/aromatic N) is 2. The summed E-state index contributed by atoms with van der Waals surface area (Å²) < 4.78 is 0. The zero-order chi connectivity index (χ0) is 16.2. The van der Waals surface area contributed by atoms with E-state index in [2.05, 4.69) is 23.2 Å². The molecule has 0 bridgehead atoms. The van der Waals surface area contributed by atoms with Crippen LogP contribution in [-0.4, -0.2) is 42.2 Å². The Morgan fingerprint density at radius 3 is 2.70 bits per heavy atom. The fraction of sp³-hybridized carbons (Fsp3) is 0.353. The Kier molecular flexibility index (Phi) is 4.71. The molecule has 2 heterocycles. The molecule has 3 rings (SSSR count). The second kappa shape index (κ2) is 6.91. The van der Waals surface area contributed by atoms with Crippen molar-refractivity contribution < 1.29 is 9.90 Å². The predicted molar refractivity (Wildman–Crippen MR) is 93.2 cm³/mol. The van der Waals surface area contributed by atoms with Gasteiger partial charge in [-0.1, -0.05) is 6.07 Å². The molecule has 1 aromatic heterocycles. The number of amides is 2. The lowest BCUT2D eigenvalue weighted by Gasteiger charge is -2.36. The Labute approximate surface area is 140 Å². The van der Waals surface area contributed by atoms with E-state index in [0.29, 0.717) is 19.6 Å². The SMILES string of the molecule is Cc1ccsc1CNC(=O)N1CCN(c2cccc(O)c2)CC1. The lowest BCUT2D eigenvalue weighted by molar-refractivity contribution is 0.194. The van der Waals surface area contributed by atoms with Crippen molar-refractivity contribution >= 4 is 23.1 Å². The van der Waals surface area contributed by atoms with E-state index in [1.807, 2.05) is 22.4 Å². The van der Waals surface area contributed by atoms with Crippen molar-refractivity contribution in [3.8, 4) is 5.75 Å². The molecule has 0 spiro atoms. The van der Waals surface area contributed by atoms with Crippen LogP contribution in [0.1, 0.15) is 10.4 Å². The third kappa shape index (κ3) is 3.76. The molecular formula is C17H21N3O2S. The first kappa shape index (κ1) is 15.7. The molecule has 1 aliphatic heterocycles. The number of phenols is 1. The van der Waals surface area contributed by atoms with Crippen molar-refractivity contribution in [2.24, 2.45) is 0 Å². The van der Waals surface area contributed by atoms with Crippen LogP contribution in [0.2, 0.25) is 0 Å². The molecule has 0 radical (unpaired) electrons. The number of benzene rings is 1. The topological polar surface area (TPSA) is 55.8 Å². The number of urea groups is 1. The van der Waals surface area contributed by atoms with Crippen LogP contribution < -0.4 is 10.2 Å². The van der Waals surface area contributed by atoms with Gasteiger partial charge in [-0.3, -0.25) is 0 Å². The van der Waals surface area contributed by atoms with Gasteiger partial charge in [0.25, 0.3) is 0 Å². The van der Waals surface area contributed by atoms with Crippen LogP contribution in [0.4, 0.5) is 10.5 Å². The highest BCUT2D eigenvalue weighted by molar-refractivity contribution is 7.10. The van der Waals surface area contributed by atoms with Crippen LogP contribution in [0.15, 0.2) is 35.7 Å². The highest BCUT2D eigenvalue weighted by Gasteiger charge is 2.21. The second-order valence-electron chi connectivity index (χ2n) is 5.68. The van der Waals surface area contributed by atoms with E-state index < -0.39 is 0 Å². The normalized spacial score (nSPS) is 14.8. The Morgan fingerprint density at radius 2 is 2.04 bits per heavy atom. The highest BCUT2D eigenvalue weighted by Crippen LogP contribution is 2.21. The summed E-state index contributed by atoms with van der Waals surface area (Å²) in [5.74, 6) is 0.272. The monoisotopic (exact) mass is 331 g/mol. The van der Waals surface area contributed by atoms with Gasteiger partial charge in [0.05, 0.1) is 6.54 Å². The van der Waals surface area contributed by atoms with Gasteiger partial charge in [-0.15, -0.1) is 11.3 Å². The van der Waals surface area contributed by atoms with Gasteiger partial charge in [0, 0.05) is 42.8 Å². The number of carbonyl (C=O) groups is 1. The first-order chi connectivity index (χ1) is 11.1. The number of nitrogens with one attached hydrogen (secondary N) is 1. The number of rotatable bonds is 3. The number of carbonyl (C=O) groups excluding carboxylic acids is 1. The van der Waals surface area contributed by atoms with Crippen LogP contribution in [-0.2, 0) is 6.54 Å². The molecule has 0 atom stereocenters. The number of phenolic OH excluding ortho intramolecular Hbond substituents is 1. The van der Waals surface area contributed by atoms with Gasteiger partial charge in [0.1, 0.15) is 5.75 Å². The third-order valence-electron chi connectivity index (χ3n) is 4.13. The number of thiophene rings is 1. The number of hydrogen-bond donors (Lipinski definition) is 2. The molecule has 2 amide bonds. The Bertz CT molecular complexity index is 678. The Hall–Kier alpha value is -2.21. The molecule has 5 nitrogen and oxygen atoms in total. The minimum Gasteiger partial charge on any atom is -0.508 e. The van der Waals surface area contributed by atoms with E-state index in [-0.39, 0.29) is 11.8 Å². The van der Waals surface area contributed by atoms with Crippen molar-refractivity contribution in [3.63, 3.8) is 0 Å². The van der Waals surface area contributed by atoms with Crippen LogP contribution in [0.3, 0.4) is 0 Å². The molecule has 1 fully saturated rings. The number of hydrogen-bond acceptors (Lipinski definition) is 4. The third-order valence-corrected chi connectivity index (χ3v) is 5.15. The van der Waals surface area contributed by atoms with Gasteiger partial charge in [0.2, 0.25) is 0 Å². The van der Waals surface area contributed by atoms with Crippen molar-refractivity contribution in [2.45, 2.75) is 13.5 Å². The van der Waals surface area contributed by atoms with Crippen molar-refractivity contribution in [1.29, 1.82) is 0 Å². The van der Waals surface area contributed by atoms with Crippen molar-refractivity contribution in [1.82, 2.24) is 10.2 Å². The summed E-state index contributed by atoms with van der Waals surface area (Å²) in [5.41, 5.74) is 2.23. The average molecular weight is 331 g/mol. The molecule has 6 heteroatoms. The maximum Gasteiger partial charge on any atom is 0.317 e. The molecule has 1 saturated heterocycles. The summed E-state index contributed by atoms with van der Waals surface area (Å²) in [5, 5.41) is 14.6. The van der Waals surface area contributed by atoms with Gasteiger partial charge in [-0.05, 0) is 36.1 Å². The van der Waals surface area contributed by atoms with Gasteiger partial charge < -0.3 is 20.2 Å². The van der Waals surface area contributed by atoms with Gasteiger partial charge >= 0.3 is 6.03 Å². The second-order valence-corrected chi connectivity index (χ2v) is 6.68. The quantitative estimate of drug-likeness (QED) is 0.909. The first-order valence-corrected chi connectivity index (χ1v) is 8.61. The maximum atomic E-state index is 12.3. The Morgan fingerprint density at radius 1 is 1.26 bits per heavy atom. The Balaban J connectivity index is 1.50. The van der Waals surface area contributed by atoms with Crippen LogP contribution in [0.5, 0.6) is 5.75 Å². The minimum atomic E-state index is -0.00615. The van der Waals surface area contributed by atoms with E-state index in [1.54, 1.807) is 23.5 Å². The number of aryl methyl sites for hydroxylation is 1. The summed E-state index contributed by atoms with van der Waals surface area (Å²) in [6.45, 7) is 5.57. The highest BCUT2D eigenvalue weighted by atomic mass is 32.1. The van der Waals surface area contributed by atoms with Gasteiger partial charge in [-0.2, -0.15) is 0 Å². The van der Waals surface area contributed by atoms with Crippen molar-refractivity contribution in [3.05, 3.63) is 46.2 Å². The number of aromatic hydroxyl groups is 1. The molecule has 122 valence electrons. The average Bonchev–Trinajstić information content (AvgIpc) is 2.98. The van der Waals surface area contributed by atoms with E-state index in [9.17, 15) is 9.90 Å². The zero-order valence-corrected chi connectivity index (χ0v) is 14.0. The van der Waals surface area contributed by atoms with Crippen LogP contribution in [0, 0.1) is 6.92 Å². The molecule has 1 aliphatic rings. The number of anilines is 1. The first-order valence-electron chi connectivity index (χ1n) is 7.73. The fourth-order valence-corrected chi connectivity index (χ4v) is 3.56. The van der Waals surface area contributed by atoms with Gasteiger partial charge in [0.15, 0.2) is 0 Å². The van der Waals surface area contributed by atoms with E-state index in [1.165, 1.54) is 10.4 Å². The molecule has 0 saturated carbocycles. The summed E-state index contributed by atoms with van der Waals surface area (Å²) in [4.78, 5) is 17.5. The lowest BCUT2D eigenvalue weighted by Crippen LogP contribution is -2.51. The summed E-state index contributed by atoms with van der Waals surface area (Å²) in [6, 6.07) is 9.31. The van der Waals surface area contributed by atoms with E-state index >= 15 is 0 Å².